The van der Waals surface area contributed by atoms with Crippen LogP contribution >= 0.6 is 0 Å². The Bertz CT molecular complexity index is 1250. The number of amides is 1. The molecule has 0 spiro atoms. The molecule has 8 heteroatoms. The second-order valence-electron chi connectivity index (χ2n) is 6.67. The lowest BCUT2D eigenvalue weighted by Gasteiger charge is -2.08. The van der Waals surface area contributed by atoms with Gasteiger partial charge in [-0.1, -0.05) is 24.3 Å². The summed E-state index contributed by atoms with van der Waals surface area (Å²) in [6, 6.07) is 16.0. The lowest BCUT2D eigenvalue weighted by Crippen LogP contribution is -2.23. The minimum atomic E-state index is -0.678. The maximum Gasteiger partial charge on any atom is 0.295 e. The molecule has 1 aromatic heterocycles. The Labute approximate surface area is 179 Å². The Kier molecular flexibility index (Phi) is 6.26. The Morgan fingerprint density at radius 1 is 1.10 bits per heavy atom. The van der Waals surface area contributed by atoms with Crippen molar-refractivity contribution in [3.8, 4) is 23.3 Å². The third-order valence-corrected chi connectivity index (χ3v) is 4.88. The van der Waals surface area contributed by atoms with Crippen molar-refractivity contribution in [2.75, 3.05) is 19.5 Å². The van der Waals surface area contributed by atoms with Gasteiger partial charge < -0.3 is 14.8 Å². The van der Waals surface area contributed by atoms with Crippen LogP contribution in [0.4, 0.5) is 5.69 Å². The molecule has 0 radical (unpaired) electrons. The van der Waals surface area contributed by atoms with Gasteiger partial charge in [0.05, 0.1) is 25.6 Å². The first kappa shape index (κ1) is 21.5. The molecule has 0 saturated heterocycles. The number of rotatable bonds is 6. The monoisotopic (exact) mass is 418 g/mol. The number of anilines is 1. The molecule has 158 valence electrons. The molecular formula is C23H22N4O4. The topological polar surface area (TPSA) is 98.3 Å². The van der Waals surface area contributed by atoms with E-state index in [1.165, 1.54) is 25.0 Å². The second-order valence-corrected chi connectivity index (χ2v) is 6.67. The third-order valence-electron chi connectivity index (χ3n) is 4.88. The summed E-state index contributed by atoms with van der Waals surface area (Å²) in [6.07, 6.45) is 1.42. The first-order chi connectivity index (χ1) is 14.9. The molecule has 0 aliphatic carbocycles. The highest BCUT2D eigenvalue weighted by molar-refractivity contribution is 6.09. The van der Waals surface area contributed by atoms with Crippen LogP contribution in [0.3, 0.4) is 0 Å². The van der Waals surface area contributed by atoms with E-state index in [1.54, 1.807) is 49.0 Å². The Hall–Kier alpha value is -4.25. The highest BCUT2D eigenvalue weighted by Crippen LogP contribution is 2.28. The molecule has 0 fully saturated rings. The van der Waals surface area contributed by atoms with Gasteiger partial charge in [-0.25, -0.2) is 4.68 Å². The molecule has 1 amide bonds. The van der Waals surface area contributed by atoms with Crippen LogP contribution in [0, 0.1) is 18.3 Å². The Morgan fingerprint density at radius 2 is 1.77 bits per heavy atom. The van der Waals surface area contributed by atoms with E-state index in [4.69, 9.17) is 9.47 Å². The molecule has 31 heavy (non-hydrogen) atoms. The quantitative estimate of drug-likeness (QED) is 0.490. The normalized spacial score (nSPS) is 11.0. The molecule has 0 unspecified atom stereocenters. The molecule has 3 rings (SSSR count). The zero-order valence-corrected chi connectivity index (χ0v) is 17.7. The molecular weight excluding hydrogens is 396 g/mol. The number of ether oxygens (including phenoxy) is 2. The van der Waals surface area contributed by atoms with Crippen molar-refractivity contribution in [2.24, 2.45) is 7.05 Å². The summed E-state index contributed by atoms with van der Waals surface area (Å²) in [5.74, 6) is 0.325. The number of nitrogens with zero attached hydrogens (tertiary/aromatic N) is 3. The summed E-state index contributed by atoms with van der Waals surface area (Å²) in [5.41, 5.74) is 1.38. The van der Waals surface area contributed by atoms with Gasteiger partial charge >= 0.3 is 0 Å². The lowest BCUT2D eigenvalue weighted by atomic mass is 10.1. The van der Waals surface area contributed by atoms with Crippen molar-refractivity contribution in [1.29, 1.82) is 5.26 Å². The molecule has 3 aromatic rings. The number of nitriles is 1. The second kappa shape index (κ2) is 9.05. The number of carbonyl (C=O) groups excluding carboxylic acids is 1. The van der Waals surface area contributed by atoms with Crippen molar-refractivity contribution in [2.45, 2.75) is 6.92 Å². The van der Waals surface area contributed by atoms with Gasteiger partial charge in [0.2, 0.25) is 0 Å². The van der Waals surface area contributed by atoms with E-state index in [2.05, 4.69) is 5.32 Å². The number of para-hydroxylation sites is 1. The summed E-state index contributed by atoms with van der Waals surface area (Å²) in [5, 5.41) is 12.1. The van der Waals surface area contributed by atoms with Crippen LogP contribution in [0.5, 0.6) is 11.5 Å². The van der Waals surface area contributed by atoms with Crippen LogP contribution < -0.4 is 20.3 Å². The van der Waals surface area contributed by atoms with Gasteiger partial charge in [-0.15, -0.1) is 0 Å². The van der Waals surface area contributed by atoms with Crippen molar-refractivity contribution >= 4 is 17.7 Å². The van der Waals surface area contributed by atoms with Crippen LogP contribution in [0.2, 0.25) is 0 Å². The molecule has 0 bridgehead atoms. The SMILES string of the molecule is COc1ccc(/C=C(/C#N)C(=O)Nc2c(C)n(C)n(-c3ccccc3)c2=O)cc1OC. The minimum Gasteiger partial charge on any atom is -0.493 e. The summed E-state index contributed by atoms with van der Waals surface area (Å²) in [7, 11) is 4.75. The standard InChI is InChI=1S/C23H22N4O4/c1-15-21(23(29)27(26(15)2)18-8-6-5-7-9-18)25-22(28)17(14-24)12-16-10-11-19(30-3)20(13-16)31-4/h5-13H,1-4H3,(H,25,28)/b17-12-. The smallest absolute Gasteiger partial charge is 0.295 e. The van der Waals surface area contributed by atoms with E-state index in [-0.39, 0.29) is 16.8 Å². The van der Waals surface area contributed by atoms with E-state index in [9.17, 15) is 14.9 Å². The zero-order chi connectivity index (χ0) is 22.5. The zero-order valence-electron chi connectivity index (χ0n) is 17.7. The van der Waals surface area contributed by atoms with Crippen molar-refractivity contribution in [3.05, 3.63) is 75.7 Å². The van der Waals surface area contributed by atoms with Crippen molar-refractivity contribution < 1.29 is 14.3 Å². The number of hydrogen-bond donors (Lipinski definition) is 1. The number of nitrogens with one attached hydrogen (secondary N) is 1. The number of benzene rings is 2. The molecule has 2 aromatic carbocycles. The number of hydrogen-bond acceptors (Lipinski definition) is 5. The summed E-state index contributed by atoms with van der Waals surface area (Å²) in [4.78, 5) is 25.7. The summed E-state index contributed by atoms with van der Waals surface area (Å²) in [6.45, 7) is 1.72. The molecule has 8 nitrogen and oxygen atoms in total. The van der Waals surface area contributed by atoms with Crippen LogP contribution in [-0.4, -0.2) is 29.5 Å². The van der Waals surface area contributed by atoms with Crippen molar-refractivity contribution in [3.63, 3.8) is 0 Å². The van der Waals surface area contributed by atoms with Crippen LogP contribution in [0.25, 0.3) is 11.8 Å². The van der Waals surface area contributed by atoms with Gasteiger partial charge in [-0.3, -0.25) is 14.3 Å². The fourth-order valence-electron chi connectivity index (χ4n) is 3.15. The van der Waals surface area contributed by atoms with E-state index >= 15 is 0 Å². The van der Waals surface area contributed by atoms with Gasteiger partial charge in [-0.2, -0.15) is 5.26 Å². The molecule has 1 N–H and O–H groups in total. The predicted molar refractivity (Wildman–Crippen MR) is 118 cm³/mol. The van der Waals surface area contributed by atoms with Gasteiger partial charge in [0.1, 0.15) is 17.3 Å². The van der Waals surface area contributed by atoms with Crippen LogP contribution in [0.1, 0.15) is 11.3 Å². The largest absolute Gasteiger partial charge is 0.493 e. The molecule has 0 aliphatic rings. The van der Waals surface area contributed by atoms with Crippen LogP contribution in [-0.2, 0) is 11.8 Å². The molecule has 0 aliphatic heterocycles. The van der Waals surface area contributed by atoms with Gasteiger partial charge in [0, 0.05) is 7.05 Å². The van der Waals surface area contributed by atoms with Crippen molar-refractivity contribution in [1.82, 2.24) is 9.36 Å². The third kappa shape index (κ3) is 4.21. The van der Waals surface area contributed by atoms with Gasteiger partial charge in [0.15, 0.2) is 11.5 Å². The molecule has 0 saturated carbocycles. The Morgan fingerprint density at radius 3 is 2.39 bits per heavy atom. The number of aromatic nitrogens is 2. The average molecular weight is 418 g/mol. The summed E-state index contributed by atoms with van der Waals surface area (Å²) >= 11 is 0. The predicted octanol–water partition coefficient (Wildman–Crippen LogP) is 3.05. The van der Waals surface area contributed by atoms with Crippen LogP contribution in [0.15, 0.2) is 58.9 Å². The number of methoxy groups -OCH3 is 2. The van der Waals surface area contributed by atoms with E-state index in [1.807, 2.05) is 24.3 Å². The molecule has 0 atom stereocenters. The average Bonchev–Trinajstić information content (AvgIpc) is 3.00. The van der Waals surface area contributed by atoms with E-state index in [0.29, 0.717) is 28.4 Å². The maximum atomic E-state index is 13.0. The van der Waals surface area contributed by atoms with E-state index in [0.717, 1.165) is 0 Å². The van der Waals surface area contributed by atoms with Gasteiger partial charge in [0.25, 0.3) is 11.5 Å². The first-order valence-electron chi connectivity index (χ1n) is 9.40. The Balaban J connectivity index is 1.95. The highest BCUT2D eigenvalue weighted by Gasteiger charge is 2.20. The summed E-state index contributed by atoms with van der Waals surface area (Å²) < 4.78 is 13.6. The van der Waals surface area contributed by atoms with E-state index < -0.39 is 5.91 Å². The highest BCUT2D eigenvalue weighted by atomic mass is 16.5. The minimum absolute atomic E-state index is 0.116. The fraction of sp³-hybridized carbons (Fsp3) is 0.174. The molecule has 1 heterocycles. The lowest BCUT2D eigenvalue weighted by molar-refractivity contribution is -0.112. The van der Waals surface area contributed by atoms with Gasteiger partial charge in [-0.05, 0) is 42.8 Å². The first-order valence-corrected chi connectivity index (χ1v) is 9.40. The number of carbonyl (C=O) groups is 1. The maximum absolute atomic E-state index is 13.0. The fourth-order valence-corrected chi connectivity index (χ4v) is 3.15.